The Labute approximate surface area is 103 Å². The Bertz CT molecular complexity index is 583. The van der Waals surface area contributed by atoms with Crippen LogP contribution in [0.1, 0.15) is 16.2 Å². The van der Waals surface area contributed by atoms with Gasteiger partial charge >= 0.3 is 0 Å². The van der Waals surface area contributed by atoms with Crippen LogP contribution < -0.4 is 4.90 Å². The molecule has 1 aliphatic rings. The third-order valence-corrected chi connectivity index (χ3v) is 2.76. The van der Waals surface area contributed by atoms with Gasteiger partial charge in [0.2, 0.25) is 0 Å². The molecule has 0 N–H and O–H groups in total. The second-order valence-electron chi connectivity index (χ2n) is 3.57. The number of anilines is 1. The zero-order valence-electron chi connectivity index (χ0n) is 8.67. The highest BCUT2D eigenvalue weighted by Crippen LogP contribution is 2.27. The van der Waals surface area contributed by atoms with Gasteiger partial charge in [-0.25, -0.2) is 4.98 Å². The molecule has 1 amide bonds. The summed E-state index contributed by atoms with van der Waals surface area (Å²) >= 11 is 5.81. The topological polar surface area (TPSA) is 46.1 Å². The number of benzene rings is 1. The molecule has 0 aliphatic carbocycles. The van der Waals surface area contributed by atoms with Gasteiger partial charge in [0, 0.05) is 23.1 Å². The van der Waals surface area contributed by atoms with E-state index in [-0.39, 0.29) is 5.91 Å². The van der Waals surface area contributed by atoms with E-state index in [4.69, 9.17) is 11.6 Å². The van der Waals surface area contributed by atoms with Gasteiger partial charge in [0.1, 0.15) is 6.54 Å². The Kier molecular flexibility index (Phi) is 2.30. The molecule has 2 aromatic rings. The predicted molar refractivity (Wildman–Crippen MR) is 63.7 cm³/mol. The maximum atomic E-state index is 12.0. The van der Waals surface area contributed by atoms with Crippen LogP contribution in [0.4, 0.5) is 5.69 Å². The fourth-order valence-electron chi connectivity index (χ4n) is 1.70. The average molecular weight is 245 g/mol. The lowest BCUT2D eigenvalue weighted by Crippen LogP contribution is -2.21. The Morgan fingerprint density at radius 2 is 1.76 bits per heavy atom. The Morgan fingerprint density at radius 3 is 2.47 bits per heavy atom. The molecule has 0 saturated carbocycles. The molecule has 5 heteroatoms. The first kappa shape index (κ1) is 10.2. The monoisotopic (exact) mass is 244 g/mol. The number of fused-ring (bicyclic) bond motifs is 1. The molecule has 1 radical (unpaired) electrons. The van der Waals surface area contributed by atoms with E-state index in [0.717, 1.165) is 5.69 Å². The Hall–Kier alpha value is -1.94. The van der Waals surface area contributed by atoms with E-state index in [1.54, 1.807) is 37.0 Å². The molecule has 3 rings (SSSR count). The molecule has 83 valence electrons. The minimum Gasteiger partial charge on any atom is -0.295 e. The van der Waals surface area contributed by atoms with Gasteiger partial charge < -0.3 is 0 Å². The van der Waals surface area contributed by atoms with Crippen LogP contribution in [0, 0.1) is 6.54 Å². The van der Waals surface area contributed by atoms with Crippen molar-refractivity contribution in [1.82, 2.24) is 9.97 Å². The van der Waals surface area contributed by atoms with Gasteiger partial charge in [0.25, 0.3) is 5.91 Å². The highest BCUT2D eigenvalue weighted by atomic mass is 35.5. The van der Waals surface area contributed by atoms with Crippen molar-refractivity contribution >= 4 is 23.2 Å². The molecule has 2 heterocycles. The number of carbonyl (C=O) groups excluding carboxylic acids is 1. The van der Waals surface area contributed by atoms with E-state index in [1.807, 2.05) is 0 Å². The normalized spacial score (nSPS) is 13.9. The van der Waals surface area contributed by atoms with Crippen molar-refractivity contribution in [2.75, 3.05) is 4.90 Å². The van der Waals surface area contributed by atoms with Crippen molar-refractivity contribution < 1.29 is 4.79 Å². The predicted octanol–water partition coefficient (Wildman–Crippen LogP) is 2.30. The summed E-state index contributed by atoms with van der Waals surface area (Å²) < 4.78 is 0. The first-order valence-corrected chi connectivity index (χ1v) is 5.38. The van der Waals surface area contributed by atoms with Crippen LogP contribution in [0.3, 0.4) is 0 Å². The first-order valence-electron chi connectivity index (χ1n) is 5.01. The summed E-state index contributed by atoms with van der Waals surface area (Å²) in [6.07, 6.45) is 3.07. The fourth-order valence-corrected chi connectivity index (χ4v) is 1.82. The van der Waals surface area contributed by atoms with E-state index in [0.29, 0.717) is 16.4 Å². The lowest BCUT2D eigenvalue weighted by atomic mass is 10.3. The van der Waals surface area contributed by atoms with E-state index in [1.165, 1.54) is 11.1 Å². The molecular weight excluding hydrogens is 238 g/mol. The van der Waals surface area contributed by atoms with Crippen molar-refractivity contribution in [2.45, 2.75) is 0 Å². The van der Waals surface area contributed by atoms with Crippen molar-refractivity contribution in [1.29, 1.82) is 0 Å². The van der Waals surface area contributed by atoms with Gasteiger partial charge in [-0.3, -0.25) is 14.7 Å². The van der Waals surface area contributed by atoms with Crippen LogP contribution in [-0.2, 0) is 0 Å². The Balaban J connectivity index is 1.99. The summed E-state index contributed by atoms with van der Waals surface area (Å²) in [6, 6.07) is 7.04. The minimum absolute atomic E-state index is 0.171. The number of hydrogen-bond acceptors (Lipinski definition) is 3. The number of halogens is 1. The minimum atomic E-state index is -0.171. The summed E-state index contributed by atoms with van der Waals surface area (Å²) in [5.74, 6) is -0.171. The highest BCUT2D eigenvalue weighted by molar-refractivity contribution is 6.30. The molecule has 1 aliphatic heterocycles. The number of aromatic nitrogens is 2. The molecule has 4 nitrogen and oxygen atoms in total. The summed E-state index contributed by atoms with van der Waals surface area (Å²) in [4.78, 5) is 21.7. The second kappa shape index (κ2) is 3.82. The second-order valence-corrected chi connectivity index (χ2v) is 4.01. The molecule has 0 saturated heterocycles. The van der Waals surface area contributed by atoms with Crippen LogP contribution in [0.25, 0.3) is 0 Å². The summed E-state index contributed by atoms with van der Waals surface area (Å²) in [6.45, 7) is 1.67. The molecule has 0 spiro atoms. The number of nitrogens with zero attached hydrogens (tertiary/aromatic N) is 3. The molecule has 1 aromatic carbocycles. The maximum Gasteiger partial charge on any atom is 0.279 e. The van der Waals surface area contributed by atoms with Gasteiger partial charge in [0.05, 0.1) is 5.69 Å². The van der Waals surface area contributed by atoms with Crippen molar-refractivity contribution in [3.8, 4) is 0 Å². The molecular formula is C12H7ClN3O. The van der Waals surface area contributed by atoms with Gasteiger partial charge in [-0.05, 0) is 24.3 Å². The maximum absolute atomic E-state index is 12.0. The van der Waals surface area contributed by atoms with E-state index < -0.39 is 0 Å². The summed E-state index contributed by atoms with van der Waals surface area (Å²) in [7, 11) is 0. The zero-order valence-corrected chi connectivity index (χ0v) is 9.43. The van der Waals surface area contributed by atoms with Crippen LogP contribution in [0.5, 0.6) is 0 Å². The third kappa shape index (κ3) is 1.66. The van der Waals surface area contributed by atoms with Crippen molar-refractivity contribution in [3.05, 3.63) is 59.6 Å². The molecule has 17 heavy (non-hydrogen) atoms. The van der Waals surface area contributed by atoms with Gasteiger partial charge in [-0.1, -0.05) is 11.6 Å². The number of carbonyl (C=O) groups is 1. The van der Waals surface area contributed by atoms with Crippen LogP contribution >= 0.6 is 11.6 Å². The van der Waals surface area contributed by atoms with E-state index in [9.17, 15) is 4.79 Å². The number of rotatable bonds is 1. The highest BCUT2D eigenvalue weighted by Gasteiger charge is 2.31. The fraction of sp³-hybridized carbons (Fsp3) is 0. The molecule has 0 fully saturated rings. The quantitative estimate of drug-likeness (QED) is 0.773. The summed E-state index contributed by atoms with van der Waals surface area (Å²) in [5.41, 5.74) is 1.72. The molecule has 1 aromatic heterocycles. The van der Waals surface area contributed by atoms with Crippen LogP contribution in [-0.4, -0.2) is 15.9 Å². The molecule has 0 bridgehead atoms. The molecule has 0 unspecified atom stereocenters. The standard InChI is InChI=1S/C12H7ClN3O/c13-8-1-3-9(4-2-8)16-7-10-11(12(16)17)15-6-5-14-10/h1-7H. The summed E-state index contributed by atoms with van der Waals surface area (Å²) in [5, 5.41) is 0.633. The SMILES string of the molecule is O=C1c2nccnc2[CH]N1c1ccc(Cl)cc1. The number of amides is 1. The smallest absolute Gasteiger partial charge is 0.279 e. The number of hydrogen-bond donors (Lipinski definition) is 0. The molecule has 0 atom stereocenters. The van der Waals surface area contributed by atoms with Gasteiger partial charge in [-0.15, -0.1) is 0 Å². The van der Waals surface area contributed by atoms with Crippen LogP contribution in [0.15, 0.2) is 36.7 Å². The average Bonchev–Trinajstić information content (AvgIpc) is 2.69. The lowest BCUT2D eigenvalue weighted by Gasteiger charge is -2.14. The van der Waals surface area contributed by atoms with E-state index in [2.05, 4.69) is 9.97 Å². The Morgan fingerprint density at radius 1 is 1.06 bits per heavy atom. The third-order valence-electron chi connectivity index (χ3n) is 2.50. The first-order chi connectivity index (χ1) is 8.25. The van der Waals surface area contributed by atoms with Gasteiger partial charge in [-0.2, -0.15) is 0 Å². The van der Waals surface area contributed by atoms with E-state index >= 15 is 0 Å². The largest absolute Gasteiger partial charge is 0.295 e. The van der Waals surface area contributed by atoms with Crippen LogP contribution in [0.2, 0.25) is 5.02 Å². The van der Waals surface area contributed by atoms with Crippen molar-refractivity contribution in [2.24, 2.45) is 0 Å². The zero-order chi connectivity index (χ0) is 11.8. The van der Waals surface area contributed by atoms with Crippen molar-refractivity contribution in [3.63, 3.8) is 0 Å². The lowest BCUT2D eigenvalue weighted by molar-refractivity contribution is 0.0998. The van der Waals surface area contributed by atoms with Gasteiger partial charge in [0.15, 0.2) is 5.69 Å².